The Labute approximate surface area is 163 Å². The van der Waals surface area contributed by atoms with E-state index in [1.165, 1.54) is 11.3 Å². The van der Waals surface area contributed by atoms with Gasteiger partial charge in [0, 0.05) is 11.6 Å². The third-order valence-corrected chi connectivity index (χ3v) is 5.15. The second kappa shape index (κ2) is 8.77. The smallest absolute Gasteiger partial charge is 0.226 e. The zero-order chi connectivity index (χ0) is 19.2. The number of pyridine rings is 1. The first-order chi connectivity index (χ1) is 13.1. The number of methoxy groups -OCH3 is 1. The summed E-state index contributed by atoms with van der Waals surface area (Å²) >= 11 is 1.50. The number of thiazole rings is 1. The molecule has 0 fully saturated rings. The van der Waals surface area contributed by atoms with Crippen molar-refractivity contribution in [2.45, 2.75) is 26.3 Å². The number of ether oxygens (including phenoxy) is 1. The highest BCUT2D eigenvalue weighted by molar-refractivity contribution is 7.13. The van der Waals surface area contributed by atoms with Gasteiger partial charge in [-0.3, -0.25) is 9.78 Å². The van der Waals surface area contributed by atoms with E-state index in [1.54, 1.807) is 13.3 Å². The molecule has 0 saturated heterocycles. The third kappa shape index (κ3) is 4.92. The molecule has 0 bridgehead atoms. The highest BCUT2D eigenvalue weighted by atomic mass is 32.1. The predicted molar refractivity (Wildman–Crippen MR) is 108 cm³/mol. The first-order valence-corrected chi connectivity index (χ1v) is 9.74. The van der Waals surface area contributed by atoms with Gasteiger partial charge in [0.25, 0.3) is 0 Å². The van der Waals surface area contributed by atoms with Crippen LogP contribution in [0.5, 0.6) is 5.75 Å². The SMILES string of the molecule is COc1ccc(C(NC(=O)Cc2csc(-c3ccccn3)n2)C(C)C)cc1. The van der Waals surface area contributed by atoms with Crippen molar-refractivity contribution in [3.8, 4) is 16.5 Å². The van der Waals surface area contributed by atoms with Crippen LogP contribution in [0.3, 0.4) is 0 Å². The molecule has 0 spiro atoms. The van der Waals surface area contributed by atoms with Crippen molar-refractivity contribution < 1.29 is 9.53 Å². The van der Waals surface area contributed by atoms with Crippen LogP contribution in [-0.2, 0) is 11.2 Å². The Morgan fingerprint density at radius 1 is 1.19 bits per heavy atom. The number of hydrogen-bond donors (Lipinski definition) is 1. The molecule has 0 radical (unpaired) electrons. The number of carbonyl (C=O) groups excluding carboxylic acids is 1. The Bertz CT molecular complexity index is 876. The van der Waals surface area contributed by atoms with Crippen molar-refractivity contribution in [3.63, 3.8) is 0 Å². The number of amides is 1. The number of rotatable bonds is 7. The van der Waals surface area contributed by atoms with Crippen LogP contribution in [0.2, 0.25) is 0 Å². The summed E-state index contributed by atoms with van der Waals surface area (Å²) in [7, 11) is 1.64. The standard InChI is InChI=1S/C21H23N3O2S/c1-14(2)20(15-7-9-17(26-3)10-8-15)24-19(25)12-16-13-27-21(23-16)18-6-4-5-11-22-18/h4-11,13-14,20H,12H2,1-3H3,(H,24,25). The van der Waals surface area contributed by atoms with Crippen molar-refractivity contribution in [2.24, 2.45) is 5.92 Å². The molecule has 1 aromatic carbocycles. The summed E-state index contributed by atoms with van der Waals surface area (Å²) in [5, 5.41) is 5.88. The molecule has 1 unspecified atom stereocenters. The average molecular weight is 382 g/mol. The first kappa shape index (κ1) is 19.0. The Hall–Kier alpha value is -2.73. The Morgan fingerprint density at radius 2 is 1.96 bits per heavy atom. The zero-order valence-electron chi connectivity index (χ0n) is 15.7. The van der Waals surface area contributed by atoms with Gasteiger partial charge in [0.2, 0.25) is 5.91 Å². The van der Waals surface area contributed by atoms with Crippen molar-refractivity contribution in [2.75, 3.05) is 7.11 Å². The lowest BCUT2D eigenvalue weighted by molar-refractivity contribution is -0.121. The summed E-state index contributed by atoms with van der Waals surface area (Å²) in [6.45, 7) is 4.19. The first-order valence-electron chi connectivity index (χ1n) is 8.86. The third-order valence-electron chi connectivity index (χ3n) is 4.24. The minimum atomic E-state index is -0.0581. The predicted octanol–water partition coefficient (Wildman–Crippen LogP) is 4.27. The molecule has 1 N–H and O–H groups in total. The molecule has 3 rings (SSSR count). The minimum absolute atomic E-state index is 0.0395. The molecular weight excluding hydrogens is 358 g/mol. The molecule has 5 nitrogen and oxygen atoms in total. The van der Waals surface area contributed by atoms with Crippen molar-refractivity contribution in [3.05, 3.63) is 65.3 Å². The summed E-state index contributed by atoms with van der Waals surface area (Å²) in [4.78, 5) is 21.4. The monoisotopic (exact) mass is 381 g/mol. The maximum atomic E-state index is 12.6. The second-order valence-corrected chi connectivity index (χ2v) is 7.46. The zero-order valence-corrected chi connectivity index (χ0v) is 16.5. The lowest BCUT2D eigenvalue weighted by Gasteiger charge is -2.23. The van der Waals surface area contributed by atoms with Crippen molar-refractivity contribution >= 4 is 17.2 Å². The maximum Gasteiger partial charge on any atom is 0.226 e. The van der Waals surface area contributed by atoms with E-state index in [-0.39, 0.29) is 24.3 Å². The van der Waals surface area contributed by atoms with Crippen LogP contribution in [0.15, 0.2) is 54.0 Å². The van der Waals surface area contributed by atoms with Gasteiger partial charge in [-0.1, -0.05) is 32.0 Å². The normalized spacial score (nSPS) is 12.0. The van der Waals surface area contributed by atoms with E-state index in [0.29, 0.717) is 0 Å². The van der Waals surface area contributed by atoms with E-state index >= 15 is 0 Å². The molecule has 0 aliphatic heterocycles. The van der Waals surface area contributed by atoms with Gasteiger partial charge < -0.3 is 10.1 Å². The Morgan fingerprint density at radius 3 is 2.59 bits per heavy atom. The van der Waals surface area contributed by atoms with Gasteiger partial charge in [-0.05, 0) is 35.7 Å². The Kier molecular flexibility index (Phi) is 6.19. The van der Waals surface area contributed by atoms with E-state index in [1.807, 2.05) is 47.8 Å². The van der Waals surface area contributed by atoms with Crippen LogP contribution < -0.4 is 10.1 Å². The highest BCUT2D eigenvalue weighted by Crippen LogP contribution is 2.25. The lowest BCUT2D eigenvalue weighted by Crippen LogP contribution is -2.32. The largest absolute Gasteiger partial charge is 0.497 e. The number of aromatic nitrogens is 2. The van der Waals surface area contributed by atoms with Crippen molar-refractivity contribution in [1.82, 2.24) is 15.3 Å². The molecule has 0 aliphatic rings. The van der Waals surface area contributed by atoms with Gasteiger partial charge in [0.05, 0.1) is 31.0 Å². The summed E-state index contributed by atoms with van der Waals surface area (Å²) < 4.78 is 5.21. The molecule has 2 heterocycles. The van der Waals surface area contributed by atoms with E-state index in [0.717, 1.165) is 27.7 Å². The number of benzene rings is 1. The Balaban J connectivity index is 1.67. The van der Waals surface area contributed by atoms with Gasteiger partial charge in [0.1, 0.15) is 10.8 Å². The quantitative estimate of drug-likeness (QED) is 0.664. The summed E-state index contributed by atoms with van der Waals surface area (Å²) in [5.41, 5.74) is 2.65. The number of nitrogens with one attached hydrogen (secondary N) is 1. The van der Waals surface area contributed by atoms with Crippen LogP contribution in [-0.4, -0.2) is 23.0 Å². The summed E-state index contributed by atoms with van der Waals surface area (Å²) in [6.07, 6.45) is 1.99. The van der Waals surface area contributed by atoms with Gasteiger partial charge in [-0.2, -0.15) is 0 Å². The van der Waals surface area contributed by atoms with Crippen molar-refractivity contribution in [1.29, 1.82) is 0 Å². The molecule has 1 amide bonds. The minimum Gasteiger partial charge on any atom is -0.497 e. The molecule has 0 aliphatic carbocycles. The van der Waals surface area contributed by atoms with Gasteiger partial charge >= 0.3 is 0 Å². The summed E-state index contributed by atoms with van der Waals surface area (Å²) in [6, 6.07) is 13.5. The van der Waals surface area contributed by atoms with E-state index < -0.39 is 0 Å². The fraction of sp³-hybridized carbons (Fsp3) is 0.286. The topological polar surface area (TPSA) is 64.1 Å². The lowest BCUT2D eigenvalue weighted by atomic mass is 9.95. The van der Waals surface area contributed by atoms with Gasteiger partial charge in [0.15, 0.2) is 0 Å². The van der Waals surface area contributed by atoms with Crippen LogP contribution in [0.25, 0.3) is 10.7 Å². The van der Waals surface area contributed by atoms with Crippen LogP contribution in [0, 0.1) is 5.92 Å². The van der Waals surface area contributed by atoms with Crippen LogP contribution >= 0.6 is 11.3 Å². The molecular formula is C21H23N3O2S. The molecule has 27 heavy (non-hydrogen) atoms. The summed E-state index contributed by atoms with van der Waals surface area (Å²) in [5.74, 6) is 1.03. The maximum absolute atomic E-state index is 12.6. The molecule has 3 aromatic rings. The van der Waals surface area contributed by atoms with Gasteiger partial charge in [-0.15, -0.1) is 11.3 Å². The van der Waals surface area contributed by atoms with E-state index in [9.17, 15) is 4.79 Å². The van der Waals surface area contributed by atoms with Crippen LogP contribution in [0.1, 0.15) is 31.1 Å². The fourth-order valence-electron chi connectivity index (χ4n) is 2.83. The number of hydrogen-bond acceptors (Lipinski definition) is 5. The highest BCUT2D eigenvalue weighted by Gasteiger charge is 2.19. The number of nitrogens with zero attached hydrogens (tertiary/aromatic N) is 2. The average Bonchev–Trinajstić information content (AvgIpc) is 3.15. The second-order valence-electron chi connectivity index (χ2n) is 6.60. The van der Waals surface area contributed by atoms with E-state index in [2.05, 4.69) is 29.1 Å². The van der Waals surface area contributed by atoms with Crippen LogP contribution in [0.4, 0.5) is 0 Å². The molecule has 6 heteroatoms. The molecule has 1 atom stereocenters. The fourth-order valence-corrected chi connectivity index (χ4v) is 3.63. The molecule has 140 valence electrons. The molecule has 2 aromatic heterocycles. The van der Waals surface area contributed by atoms with Gasteiger partial charge in [-0.25, -0.2) is 4.98 Å². The molecule has 0 saturated carbocycles. The van der Waals surface area contributed by atoms with E-state index in [4.69, 9.17) is 4.74 Å². The number of carbonyl (C=O) groups is 1.